The van der Waals surface area contributed by atoms with Crippen molar-refractivity contribution < 1.29 is 9.90 Å². The van der Waals surface area contributed by atoms with Gasteiger partial charge in [0.1, 0.15) is 11.0 Å². The quantitative estimate of drug-likeness (QED) is 0.787. The van der Waals surface area contributed by atoms with Crippen LogP contribution in [-0.4, -0.2) is 24.4 Å². The number of aromatic nitrogens is 3. The van der Waals surface area contributed by atoms with Crippen LogP contribution in [0.2, 0.25) is 5.02 Å². The Kier molecular flexibility index (Phi) is 2.99. The molecule has 3 rings (SSSR count). The van der Waals surface area contributed by atoms with Crippen molar-refractivity contribution in [3.05, 3.63) is 40.2 Å². The number of aryl methyl sites for hydroxylation is 1. The summed E-state index contributed by atoms with van der Waals surface area (Å²) < 4.78 is 10.3. The number of carboxylic acids is 1. The Hall–Kier alpha value is -1.92. The molecule has 0 aliphatic carbocycles. The van der Waals surface area contributed by atoms with Gasteiger partial charge in [-0.15, -0.1) is 0 Å². The second kappa shape index (κ2) is 4.57. The third kappa shape index (κ3) is 1.80. The first kappa shape index (κ1) is 13.1. The largest absolute Gasteiger partial charge is 0.478 e. The Bertz CT molecular complexity index is 838. The van der Waals surface area contributed by atoms with E-state index in [2.05, 4.69) is 8.75 Å². The molecule has 102 valence electrons. The predicted molar refractivity (Wildman–Crippen MR) is 78.2 cm³/mol. The Morgan fingerprint density at radius 3 is 2.75 bits per heavy atom. The summed E-state index contributed by atoms with van der Waals surface area (Å²) in [5, 5.41) is 9.74. The topological polar surface area (TPSA) is 68.0 Å². The fourth-order valence-corrected chi connectivity index (χ4v) is 3.12. The van der Waals surface area contributed by atoms with E-state index >= 15 is 0 Å². The van der Waals surface area contributed by atoms with E-state index < -0.39 is 5.97 Å². The SMILES string of the molecule is Cc1cc(C(=O)O)c(C)n1-c1c(Cl)ccc2nsnc12. The third-order valence-corrected chi connectivity index (χ3v) is 4.08. The molecule has 0 unspecified atom stereocenters. The Balaban J connectivity index is 2.39. The Labute approximate surface area is 123 Å². The van der Waals surface area contributed by atoms with Gasteiger partial charge in [-0.2, -0.15) is 8.75 Å². The molecule has 0 saturated carbocycles. The molecule has 0 radical (unpaired) electrons. The van der Waals surface area contributed by atoms with Crippen molar-refractivity contribution in [1.29, 1.82) is 0 Å². The molecule has 0 amide bonds. The molecule has 1 aromatic carbocycles. The van der Waals surface area contributed by atoms with Crippen molar-refractivity contribution in [2.75, 3.05) is 0 Å². The van der Waals surface area contributed by atoms with Gasteiger partial charge in [-0.05, 0) is 32.0 Å². The molecule has 0 fully saturated rings. The van der Waals surface area contributed by atoms with Gasteiger partial charge < -0.3 is 9.67 Å². The van der Waals surface area contributed by atoms with Gasteiger partial charge in [0.05, 0.1) is 28.0 Å². The number of nitrogens with zero attached hydrogens (tertiary/aromatic N) is 3. The van der Waals surface area contributed by atoms with Crippen LogP contribution in [0.15, 0.2) is 18.2 Å². The number of hydrogen-bond donors (Lipinski definition) is 1. The summed E-state index contributed by atoms with van der Waals surface area (Å²) in [5.41, 5.74) is 3.79. The molecule has 20 heavy (non-hydrogen) atoms. The highest BCUT2D eigenvalue weighted by molar-refractivity contribution is 7.00. The number of carbonyl (C=O) groups is 1. The third-order valence-electron chi connectivity index (χ3n) is 3.24. The van der Waals surface area contributed by atoms with Crippen LogP contribution in [0.3, 0.4) is 0 Å². The number of rotatable bonds is 2. The predicted octanol–water partition coefficient (Wildman–Crippen LogP) is 3.45. The van der Waals surface area contributed by atoms with Crippen molar-refractivity contribution in [3.8, 4) is 5.69 Å². The highest BCUT2D eigenvalue weighted by atomic mass is 35.5. The van der Waals surface area contributed by atoms with E-state index in [0.717, 1.165) is 22.9 Å². The normalized spacial score (nSPS) is 11.2. The van der Waals surface area contributed by atoms with Crippen molar-refractivity contribution >= 4 is 40.3 Å². The lowest BCUT2D eigenvalue weighted by Crippen LogP contribution is -2.04. The van der Waals surface area contributed by atoms with E-state index in [1.54, 1.807) is 25.1 Å². The van der Waals surface area contributed by atoms with Crippen molar-refractivity contribution in [2.24, 2.45) is 0 Å². The van der Waals surface area contributed by atoms with Gasteiger partial charge in [0.15, 0.2) is 0 Å². The van der Waals surface area contributed by atoms with Crippen LogP contribution >= 0.6 is 23.3 Å². The smallest absolute Gasteiger partial charge is 0.337 e. The molecule has 0 atom stereocenters. The van der Waals surface area contributed by atoms with Crippen LogP contribution in [0.4, 0.5) is 0 Å². The Morgan fingerprint density at radius 2 is 2.10 bits per heavy atom. The highest BCUT2D eigenvalue weighted by Gasteiger charge is 2.20. The maximum Gasteiger partial charge on any atom is 0.337 e. The van der Waals surface area contributed by atoms with Crippen LogP contribution in [0.5, 0.6) is 0 Å². The summed E-state index contributed by atoms with van der Waals surface area (Å²) in [6, 6.07) is 5.18. The number of carboxylic acid groups (broad SMARTS) is 1. The molecule has 0 saturated heterocycles. The summed E-state index contributed by atoms with van der Waals surface area (Å²) >= 11 is 7.40. The van der Waals surface area contributed by atoms with Gasteiger partial charge in [0.2, 0.25) is 0 Å². The second-order valence-electron chi connectivity index (χ2n) is 4.45. The molecule has 1 N–H and O–H groups in total. The lowest BCUT2D eigenvalue weighted by molar-refractivity contribution is 0.0696. The minimum atomic E-state index is -0.955. The number of benzene rings is 1. The van der Waals surface area contributed by atoms with Crippen LogP contribution in [0.25, 0.3) is 16.7 Å². The highest BCUT2D eigenvalue weighted by Crippen LogP contribution is 2.32. The van der Waals surface area contributed by atoms with Crippen molar-refractivity contribution in [2.45, 2.75) is 13.8 Å². The fourth-order valence-electron chi connectivity index (χ4n) is 2.35. The zero-order valence-corrected chi connectivity index (χ0v) is 12.3. The molecular weight excluding hydrogens is 298 g/mol. The molecule has 2 heterocycles. The van der Waals surface area contributed by atoms with Gasteiger partial charge in [-0.3, -0.25) is 0 Å². The molecule has 3 aromatic rings. The summed E-state index contributed by atoms with van der Waals surface area (Å²) in [6.07, 6.45) is 0. The number of aromatic carboxylic acids is 1. The Morgan fingerprint density at radius 1 is 1.35 bits per heavy atom. The first-order chi connectivity index (χ1) is 9.50. The lowest BCUT2D eigenvalue weighted by atomic mass is 10.2. The average molecular weight is 308 g/mol. The molecule has 5 nitrogen and oxygen atoms in total. The second-order valence-corrected chi connectivity index (χ2v) is 5.39. The van der Waals surface area contributed by atoms with Gasteiger partial charge in [-0.1, -0.05) is 11.6 Å². The van der Waals surface area contributed by atoms with Crippen LogP contribution < -0.4 is 0 Å². The van der Waals surface area contributed by atoms with E-state index in [9.17, 15) is 9.90 Å². The maximum atomic E-state index is 11.2. The van der Waals surface area contributed by atoms with Crippen molar-refractivity contribution in [3.63, 3.8) is 0 Å². The first-order valence-corrected chi connectivity index (χ1v) is 6.95. The van der Waals surface area contributed by atoms with Crippen LogP contribution in [0.1, 0.15) is 21.7 Å². The summed E-state index contributed by atoms with van der Waals surface area (Å²) in [7, 11) is 0. The molecule has 0 bridgehead atoms. The average Bonchev–Trinajstić information content (AvgIpc) is 2.96. The monoisotopic (exact) mass is 307 g/mol. The molecule has 7 heteroatoms. The summed E-state index contributed by atoms with van der Waals surface area (Å²) in [6.45, 7) is 3.60. The van der Waals surface area contributed by atoms with Gasteiger partial charge in [0.25, 0.3) is 0 Å². The van der Waals surface area contributed by atoms with E-state index in [1.807, 2.05) is 11.5 Å². The van der Waals surface area contributed by atoms with Gasteiger partial charge in [-0.25, -0.2) is 4.79 Å². The molecular formula is C13H10ClN3O2S. The number of hydrogen-bond acceptors (Lipinski definition) is 4. The van der Waals surface area contributed by atoms with E-state index in [4.69, 9.17) is 11.6 Å². The van der Waals surface area contributed by atoms with Crippen molar-refractivity contribution in [1.82, 2.24) is 13.3 Å². The van der Waals surface area contributed by atoms with E-state index in [0.29, 0.717) is 21.9 Å². The van der Waals surface area contributed by atoms with Gasteiger partial charge in [0, 0.05) is 11.4 Å². The minimum absolute atomic E-state index is 0.263. The zero-order valence-electron chi connectivity index (χ0n) is 10.7. The van der Waals surface area contributed by atoms with Gasteiger partial charge >= 0.3 is 5.97 Å². The fraction of sp³-hybridized carbons (Fsp3) is 0.154. The lowest BCUT2D eigenvalue weighted by Gasteiger charge is -2.11. The van der Waals surface area contributed by atoms with Crippen LogP contribution in [0, 0.1) is 13.8 Å². The molecule has 0 aliphatic heterocycles. The molecule has 0 spiro atoms. The maximum absolute atomic E-state index is 11.2. The summed E-state index contributed by atoms with van der Waals surface area (Å²) in [4.78, 5) is 11.2. The summed E-state index contributed by atoms with van der Waals surface area (Å²) in [5.74, 6) is -0.955. The first-order valence-electron chi connectivity index (χ1n) is 5.84. The molecule has 0 aliphatic rings. The number of halogens is 1. The molecule has 2 aromatic heterocycles. The minimum Gasteiger partial charge on any atom is -0.478 e. The standard InChI is InChI=1S/C13H10ClN3O2S/c1-6-5-8(13(18)19)7(2)17(6)12-9(14)3-4-10-11(12)16-20-15-10/h3-5H,1-2H3,(H,18,19). The zero-order chi connectivity index (χ0) is 14.4. The van der Waals surface area contributed by atoms with E-state index in [-0.39, 0.29) is 5.56 Å². The number of fused-ring (bicyclic) bond motifs is 1. The van der Waals surface area contributed by atoms with E-state index in [1.165, 1.54) is 0 Å². The van der Waals surface area contributed by atoms with Crippen LogP contribution in [-0.2, 0) is 0 Å².